The normalized spacial score (nSPS) is 10.8. The first-order chi connectivity index (χ1) is 2.41. The average Bonchev–Trinajstić information content (AvgIpc) is 1.41. The van der Waals surface area contributed by atoms with E-state index >= 15 is 0 Å². The van der Waals surface area contributed by atoms with Gasteiger partial charge in [-0.1, -0.05) is 0 Å². The molecule has 0 aromatic rings. The van der Waals surface area contributed by atoms with Crippen molar-refractivity contribution in [2.75, 3.05) is 13.3 Å². The fourth-order valence-corrected chi connectivity index (χ4v) is 0. The van der Waals surface area contributed by atoms with Crippen LogP contribution in [0.1, 0.15) is 0 Å². The molecule has 0 rings (SSSR count). The van der Waals surface area contributed by atoms with Gasteiger partial charge in [0.25, 0.3) is 0 Å². The molecule has 26 valence electrons. The highest BCUT2D eigenvalue weighted by Gasteiger charge is 1.61. The van der Waals surface area contributed by atoms with Gasteiger partial charge in [-0.05, 0) is 0 Å². The van der Waals surface area contributed by atoms with Crippen molar-refractivity contribution < 1.29 is 9.50 Å². The molecule has 0 fully saturated rings. The maximum absolute atomic E-state index is 10.7. The standard InChI is InChI=1S/C2H5FO/c3-1-2-4/h4H,1-2H2/i4D. The summed E-state index contributed by atoms with van der Waals surface area (Å²) in [5.41, 5.74) is 0. The molecule has 0 radical (unpaired) electrons. The van der Waals surface area contributed by atoms with E-state index in [4.69, 9.17) is 1.43 Å². The molecule has 0 bridgehead atoms. The van der Waals surface area contributed by atoms with Gasteiger partial charge in [-0.25, -0.2) is 4.39 Å². The van der Waals surface area contributed by atoms with E-state index in [0.717, 1.165) is 0 Å². The van der Waals surface area contributed by atoms with Gasteiger partial charge < -0.3 is 5.11 Å². The first-order valence-corrected chi connectivity index (χ1v) is 1.06. The number of alkyl halides is 1. The fourth-order valence-electron chi connectivity index (χ4n) is 0. The van der Waals surface area contributed by atoms with E-state index in [1.165, 1.54) is 0 Å². The van der Waals surface area contributed by atoms with Crippen molar-refractivity contribution in [2.45, 2.75) is 0 Å². The third kappa shape index (κ3) is 1.89. The van der Waals surface area contributed by atoms with E-state index < -0.39 is 6.67 Å². The highest BCUT2D eigenvalue weighted by Crippen LogP contribution is 1.54. The lowest BCUT2D eigenvalue weighted by Gasteiger charge is -1.66. The first-order valence-electron chi connectivity index (χ1n) is 1.46. The second-order valence-corrected chi connectivity index (χ2v) is 0.393. The Morgan fingerprint density at radius 1 is 2.25 bits per heavy atom. The Bertz CT molecular complexity index is 17.1. The van der Waals surface area contributed by atoms with Crippen LogP contribution < -0.4 is 0 Å². The quantitative estimate of drug-likeness (QED) is 0.478. The summed E-state index contributed by atoms with van der Waals surface area (Å²) in [7, 11) is 0. The second-order valence-electron chi connectivity index (χ2n) is 0.393. The van der Waals surface area contributed by atoms with Crippen LogP contribution in [0.15, 0.2) is 0 Å². The van der Waals surface area contributed by atoms with Gasteiger partial charge in [-0.3, -0.25) is 0 Å². The van der Waals surface area contributed by atoms with Gasteiger partial charge in [0.05, 0.1) is 6.61 Å². The number of aliphatic hydroxyl groups is 1. The van der Waals surface area contributed by atoms with Gasteiger partial charge in [0.2, 0.25) is 1.43 Å². The molecule has 4 heavy (non-hydrogen) atoms. The fraction of sp³-hybridized carbons (Fsp3) is 1.00. The van der Waals surface area contributed by atoms with Crippen LogP contribution in [0.3, 0.4) is 0 Å². The molecule has 0 aliphatic heterocycles. The van der Waals surface area contributed by atoms with Crippen LogP contribution in [0.4, 0.5) is 4.39 Å². The summed E-state index contributed by atoms with van der Waals surface area (Å²) in [6, 6.07) is 0. The zero-order valence-corrected chi connectivity index (χ0v) is 2.20. The molecule has 0 aliphatic rings. The minimum atomic E-state index is -0.566. The number of hydrogen-bond donors (Lipinski definition) is 1. The maximum Gasteiger partial charge on any atom is 0.210 e. The summed E-state index contributed by atoms with van der Waals surface area (Å²) in [4.78, 5) is 0. The third-order valence-corrected chi connectivity index (χ3v) is 0.0772. The van der Waals surface area contributed by atoms with Gasteiger partial charge in [0.15, 0.2) is 0 Å². The van der Waals surface area contributed by atoms with Crippen LogP contribution in [0.5, 0.6) is 0 Å². The zero-order valence-electron chi connectivity index (χ0n) is 3.20. The van der Waals surface area contributed by atoms with E-state index in [9.17, 15) is 4.39 Å². The van der Waals surface area contributed by atoms with Crippen molar-refractivity contribution in [2.24, 2.45) is 0 Å². The van der Waals surface area contributed by atoms with Crippen LogP contribution in [0.2, 0.25) is 0 Å². The van der Waals surface area contributed by atoms with Gasteiger partial charge in [0, 0.05) is 0 Å². The Morgan fingerprint density at radius 3 is 3.00 bits per heavy atom. The number of halogens is 1. The summed E-state index contributed by atoms with van der Waals surface area (Å²) < 4.78 is 16.6. The summed E-state index contributed by atoms with van der Waals surface area (Å²) in [5.74, 6) is 0. The molecule has 0 aliphatic carbocycles. The molecule has 2 heteroatoms. The van der Waals surface area contributed by atoms with Crippen LogP contribution in [-0.2, 0) is 0 Å². The lowest BCUT2D eigenvalue weighted by molar-refractivity contribution is 0.253. The van der Waals surface area contributed by atoms with Crippen molar-refractivity contribution in [1.29, 1.82) is 1.43 Å². The highest BCUT2D eigenvalue weighted by atomic mass is 19.1. The number of hydrogen-bond acceptors (Lipinski definition) is 1. The monoisotopic (exact) mass is 65.0 g/mol. The number of aliphatic hydroxyl groups excluding tert-OH is 1. The summed E-state index contributed by atoms with van der Waals surface area (Å²) in [5, 5.41) is 3.57. The molecule has 0 aromatic heterocycles. The Morgan fingerprint density at radius 2 is 3.00 bits per heavy atom. The number of rotatable bonds is 2. The summed E-state index contributed by atoms with van der Waals surface area (Å²) in [6.45, 7) is -0.677. The largest absolute Gasteiger partial charge is 0.394 e. The van der Waals surface area contributed by atoms with Gasteiger partial charge in [-0.15, -0.1) is 0 Å². The van der Waals surface area contributed by atoms with Crippen molar-refractivity contribution in [3.8, 4) is 0 Å². The maximum atomic E-state index is 10.7. The smallest absolute Gasteiger partial charge is 0.210 e. The molecular weight excluding hydrogens is 59.0 g/mol. The summed E-state index contributed by atoms with van der Waals surface area (Å²) >= 11 is 0. The van der Waals surface area contributed by atoms with Crippen molar-refractivity contribution in [3.63, 3.8) is 0 Å². The van der Waals surface area contributed by atoms with E-state index in [1.807, 2.05) is 0 Å². The molecule has 1 N–H and O–H groups in total. The molecule has 0 atom stereocenters. The predicted octanol–water partition coefficient (Wildman–Crippen LogP) is -0.0518. The lowest BCUT2D eigenvalue weighted by Crippen LogP contribution is -1.77. The Labute approximate surface area is 25.6 Å². The molecule has 0 amide bonds. The summed E-state index contributed by atoms with van der Waals surface area (Å²) in [6.07, 6.45) is 0. The minimum Gasteiger partial charge on any atom is -0.394 e. The third-order valence-electron chi connectivity index (χ3n) is 0.0772. The SMILES string of the molecule is [2H]OCCF. The molecule has 0 saturated heterocycles. The van der Waals surface area contributed by atoms with Crippen molar-refractivity contribution in [3.05, 3.63) is 0 Å². The van der Waals surface area contributed by atoms with Crippen molar-refractivity contribution in [1.82, 2.24) is 0 Å². The van der Waals surface area contributed by atoms with E-state index in [2.05, 4.69) is 5.11 Å². The lowest BCUT2D eigenvalue weighted by atomic mass is 10.9. The Balaban J connectivity index is 2.19. The van der Waals surface area contributed by atoms with E-state index in [1.54, 1.807) is 0 Å². The molecule has 0 heterocycles. The van der Waals surface area contributed by atoms with Gasteiger partial charge in [0.1, 0.15) is 6.67 Å². The molecule has 0 unspecified atom stereocenters. The van der Waals surface area contributed by atoms with Crippen LogP contribution in [0.25, 0.3) is 0 Å². The highest BCUT2D eigenvalue weighted by molar-refractivity contribution is 4.08. The van der Waals surface area contributed by atoms with Gasteiger partial charge >= 0.3 is 0 Å². The van der Waals surface area contributed by atoms with Gasteiger partial charge in [-0.2, -0.15) is 0 Å². The first kappa shape index (κ1) is 2.15. The Hall–Kier alpha value is -0.110. The molecule has 0 aromatic carbocycles. The predicted molar refractivity (Wildman–Crippen MR) is 13.1 cm³/mol. The minimum absolute atomic E-state index is 0.111. The average molecular weight is 65.1 g/mol. The topological polar surface area (TPSA) is 20.2 Å². The molecule has 0 saturated carbocycles. The van der Waals surface area contributed by atoms with Crippen LogP contribution >= 0.6 is 0 Å². The van der Waals surface area contributed by atoms with Crippen LogP contribution in [0, 0.1) is 0 Å². The van der Waals surface area contributed by atoms with E-state index in [-0.39, 0.29) is 6.61 Å². The molecule has 0 spiro atoms. The Kier molecular flexibility index (Phi) is 1.55. The zero-order chi connectivity index (χ0) is 4.12. The molecular formula is C2H5FO. The van der Waals surface area contributed by atoms with Crippen LogP contribution in [-0.4, -0.2) is 19.8 Å². The van der Waals surface area contributed by atoms with Crippen molar-refractivity contribution >= 4 is 0 Å². The molecule has 1 nitrogen and oxygen atoms in total. The van der Waals surface area contributed by atoms with E-state index in [0.29, 0.717) is 0 Å². The second kappa shape index (κ2) is 2.89.